The number of nitrogens with zero attached hydrogens (tertiary/aromatic N) is 2. The third kappa shape index (κ3) is 5.60. The predicted molar refractivity (Wildman–Crippen MR) is 84.7 cm³/mol. The van der Waals surface area contributed by atoms with Gasteiger partial charge in [-0.15, -0.1) is 0 Å². The third-order valence-corrected chi connectivity index (χ3v) is 3.97. The van der Waals surface area contributed by atoms with Crippen molar-refractivity contribution in [2.24, 2.45) is 0 Å². The summed E-state index contributed by atoms with van der Waals surface area (Å²) in [6.45, 7) is 3.01. The minimum atomic E-state index is -0.550. The number of likely N-dealkylation sites (tertiary alicyclic amines) is 2. The van der Waals surface area contributed by atoms with Crippen LogP contribution in [0.4, 0.5) is 9.59 Å². The summed E-state index contributed by atoms with van der Waals surface area (Å²) < 4.78 is 0. The normalized spacial score (nSPS) is 17.2. The molecule has 10 nitrogen and oxygen atoms in total. The van der Waals surface area contributed by atoms with Crippen LogP contribution in [0.2, 0.25) is 0 Å². The average Bonchev–Trinajstić information content (AvgIpc) is 3.14. The number of nitrogens with one attached hydrogen (secondary N) is 4. The van der Waals surface area contributed by atoms with Crippen molar-refractivity contribution in [1.82, 2.24) is 31.3 Å². The Bertz CT molecular complexity index is 454. The highest BCUT2D eigenvalue weighted by molar-refractivity contribution is 5.80. The first-order chi connectivity index (χ1) is 11.6. The Kier molecular flexibility index (Phi) is 6.64. The van der Waals surface area contributed by atoms with E-state index in [0.29, 0.717) is 39.0 Å². The molecule has 2 heterocycles. The van der Waals surface area contributed by atoms with Crippen molar-refractivity contribution in [3.8, 4) is 0 Å². The highest BCUT2D eigenvalue weighted by Crippen LogP contribution is 2.08. The van der Waals surface area contributed by atoms with E-state index in [2.05, 4.69) is 21.5 Å². The molecule has 2 aliphatic rings. The van der Waals surface area contributed by atoms with Gasteiger partial charge in [0.25, 0.3) is 0 Å². The molecule has 0 spiro atoms. The molecule has 6 amide bonds. The summed E-state index contributed by atoms with van der Waals surface area (Å²) in [6.07, 6.45) is 2.85. The van der Waals surface area contributed by atoms with Gasteiger partial charge in [0.1, 0.15) is 0 Å². The quantitative estimate of drug-likeness (QED) is 0.451. The maximum Gasteiger partial charge on any atom is 0.333 e. The standard InChI is InChI=1S/C14H24N6O4/c21-11-3-1-7-19(11)9-5-15-13(23)17-18-14(24)16-6-10-20-8-2-4-12(20)22/h1-10H2,(H2,15,17,23)(H2,16,18,24). The largest absolute Gasteiger partial charge is 0.341 e. The first kappa shape index (κ1) is 17.8. The molecular weight excluding hydrogens is 316 g/mol. The fourth-order valence-electron chi connectivity index (χ4n) is 2.69. The van der Waals surface area contributed by atoms with Gasteiger partial charge < -0.3 is 20.4 Å². The van der Waals surface area contributed by atoms with E-state index in [0.717, 1.165) is 25.9 Å². The number of amides is 6. The average molecular weight is 340 g/mol. The highest BCUT2D eigenvalue weighted by Gasteiger charge is 2.20. The van der Waals surface area contributed by atoms with Crippen molar-refractivity contribution in [2.75, 3.05) is 39.3 Å². The van der Waals surface area contributed by atoms with E-state index < -0.39 is 12.1 Å². The second kappa shape index (κ2) is 8.94. The SMILES string of the molecule is O=C(NCCN1CCCC1=O)NNC(=O)NCCN1CCCC1=O. The van der Waals surface area contributed by atoms with E-state index in [1.54, 1.807) is 9.80 Å². The van der Waals surface area contributed by atoms with E-state index in [1.165, 1.54) is 0 Å². The molecule has 0 radical (unpaired) electrons. The number of urea groups is 2. The Labute approximate surface area is 140 Å². The summed E-state index contributed by atoms with van der Waals surface area (Å²) in [5.74, 6) is 0.206. The Balaban J connectivity index is 1.49. The van der Waals surface area contributed by atoms with Gasteiger partial charge in [0.15, 0.2) is 0 Å². The van der Waals surface area contributed by atoms with Crippen LogP contribution in [0, 0.1) is 0 Å². The van der Waals surface area contributed by atoms with Gasteiger partial charge in [0.05, 0.1) is 0 Å². The van der Waals surface area contributed by atoms with Gasteiger partial charge in [0.2, 0.25) is 11.8 Å². The lowest BCUT2D eigenvalue weighted by Crippen LogP contribution is -2.52. The van der Waals surface area contributed by atoms with E-state index in [-0.39, 0.29) is 11.8 Å². The maximum absolute atomic E-state index is 11.5. The lowest BCUT2D eigenvalue weighted by molar-refractivity contribution is -0.128. The van der Waals surface area contributed by atoms with Crippen LogP contribution < -0.4 is 21.5 Å². The van der Waals surface area contributed by atoms with Gasteiger partial charge in [-0.2, -0.15) is 0 Å². The van der Waals surface area contributed by atoms with Gasteiger partial charge in [-0.05, 0) is 12.8 Å². The van der Waals surface area contributed by atoms with E-state index >= 15 is 0 Å². The monoisotopic (exact) mass is 340 g/mol. The molecule has 2 fully saturated rings. The third-order valence-electron chi connectivity index (χ3n) is 3.97. The lowest BCUT2D eigenvalue weighted by atomic mass is 10.4. The van der Waals surface area contributed by atoms with Crippen molar-refractivity contribution in [2.45, 2.75) is 25.7 Å². The Hall–Kier alpha value is -2.52. The first-order valence-electron chi connectivity index (χ1n) is 8.19. The summed E-state index contributed by atoms with van der Waals surface area (Å²) in [5, 5.41) is 5.11. The van der Waals surface area contributed by atoms with Gasteiger partial charge in [-0.25, -0.2) is 20.4 Å². The molecule has 0 bridgehead atoms. The molecule has 24 heavy (non-hydrogen) atoms. The smallest absolute Gasteiger partial charge is 0.333 e. The molecule has 0 saturated carbocycles. The van der Waals surface area contributed by atoms with Crippen LogP contribution in [0.1, 0.15) is 25.7 Å². The van der Waals surface area contributed by atoms with Gasteiger partial charge in [0, 0.05) is 52.1 Å². The van der Waals surface area contributed by atoms with Crippen LogP contribution in [-0.4, -0.2) is 72.9 Å². The number of carbonyl (C=O) groups excluding carboxylic acids is 4. The molecular formula is C14H24N6O4. The Morgan fingerprint density at radius 1 is 0.792 bits per heavy atom. The molecule has 2 aliphatic heterocycles. The molecule has 0 aliphatic carbocycles. The summed E-state index contributed by atoms with van der Waals surface area (Å²) >= 11 is 0. The summed E-state index contributed by atoms with van der Waals surface area (Å²) in [5.41, 5.74) is 4.42. The minimum absolute atomic E-state index is 0.103. The van der Waals surface area contributed by atoms with Crippen LogP contribution in [-0.2, 0) is 9.59 Å². The fraction of sp³-hybridized carbons (Fsp3) is 0.714. The maximum atomic E-state index is 11.5. The number of carbonyl (C=O) groups is 4. The van der Waals surface area contributed by atoms with Crippen LogP contribution in [0.25, 0.3) is 0 Å². The molecule has 0 aromatic rings. The highest BCUT2D eigenvalue weighted by atomic mass is 16.2. The fourth-order valence-corrected chi connectivity index (χ4v) is 2.69. The van der Waals surface area contributed by atoms with Crippen LogP contribution in [0.15, 0.2) is 0 Å². The zero-order valence-corrected chi connectivity index (χ0v) is 13.6. The summed E-state index contributed by atoms with van der Waals surface area (Å²) in [4.78, 5) is 49.2. The molecule has 10 heteroatoms. The zero-order chi connectivity index (χ0) is 17.4. The molecule has 2 saturated heterocycles. The van der Waals surface area contributed by atoms with Crippen LogP contribution in [0.5, 0.6) is 0 Å². The first-order valence-corrected chi connectivity index (χ1v) is 8.19. The van der Waals surface area contributed by atoms with Gasteiger partial charge in [-0.3, -0.25) is 9.59 Å². The molecule has 2 rings (SSSR count). The van der Waals surface area contributed by atoms with Crippen LogP contribution in [0.3, 0.4) is 0 Å². The second-order valence-corrected chi connectivity index (χ2v) is 5.73. The van der Waals surface area contributed by atoms with Crippen molar-refractivity contribution in [3.63, 3.8) is 0 Å². The molecule has 0 atom stereocenters. The van der Waals surface area contributed by atoms with E-state index in [1.807, 2.05) is 0 Å². The Morgan fingerprint density at radius 2 is 1.21 bits per heavy atom. The molecule has 134 valence electrons. The van der Waals surface area contributed by atoms with Crippen molar-refractivity contribution in [1.29, 1.82) is 0 Å². The van der Waals surface area contributed by atoms with E-state index in [4.69, 9.17) is 0 Å². The topological polar surface area (TPSA) is 123 Å². The number of hydrogen-bond acceptors (Lipinski definition) is 4. The van der Waals surface area contributed by atoms with Crippen molar-refractivity contribution < 1.29 is 19.2 Å². The number of rotatable bonds is 6. The molecule has 0 unspecified atom stereocenters. The van der Waals surface area contributed by atoms with E-state index in [9.17, 15) is 19.2 Å². The Morgan fingerprint density at radius 3 is 1.54 bits per heavy atom. The minimum Gasteiger partial charge on any atom is -0.341 e. The molecule has 0 aromatic heterocycles. The van der Waals surface area contributed by atoms with Gasteiger partial charge in [-0.1, -0.05) is 0 Å². The van der Waals surface area contributed by atoms with Crippen molar-refractivity contribution in [3.05, 3.63) is 0 Å². The van der Waals surface area contributed by atoms with Crippen molar-refractivity contribution >= 4 is 23.9 Å². The second-order valence-electron chi connectivity index (χ2n) is 5.73. The van der Waals surface area contributed by atoms with Crippen LogP contribution >= 0.6 is 0 Å². The summed E-state index contributed by atoms with van der Waals surface area (Å²) in [6, 6.07) is -1.10. The number of hydrazine groups is 1. The number of hydrogen-bond donors (Lipinski definition) is 4. The predicted octanol–water partition coefficient (Wildman–Crippen LogP) is -1.26. The summed E-state index contributed by atoms with van der Waals surface area (Å²) in [7, 11) is 0. The molecule has 4 N–H and O–H groups in total. The molecule has 0 aromatic carbocycles. The van der Waals surface area contributed by atoms with Gasteiger partial charge >= 0.3 is 12.1 Å². The lowest BCUT2D eigenvalue weighted by Gasteiger charge is -2.17. The zero-order valence-electron chi connectivity index (χ0n) is 13.6.